The first kappa shape index (κ1) is 44.9. The van der Waals surface area contributed by atoms with Gasteiger partial charge in [0.15, 0.2) is 5.78 Å². The third-order valence-corrected chi connectivity index (χ3v) is 18.0. The zero-order chi connectivity index (χ0) is 37.8. The minimum Gasteiger partial charge on any atom is -0.512 e. The van der Waals surface area contributed by atoms with Crippen molar-refractivity contribution in [1.29, 1.82) is 0 Å². The Morgan fingerprint density at radius 2 is 1.49 bits per heavy atom. The summed E-state index contributed by atoms with van der Waals surface area (Å²) in [6, 6.07) is 13.0. The van der Waals surface area contributed by atoms with Crippen LogP contribution in [-0.4, -0.2) is 44.6 Å². The summed E-state index contributed by atoms with van der Waals surface area (Å²) in [5, 5.41) is 11.5. The van der Waals surface area contributed by atoms with E-state index in [1.54, 1.807) is 0 Å². The van der Waals surface area contributed by atoms with Crippen LogP contribution in [0, 0.1) is 17.9 Å². The third kappa shape index (κ3) is 11.1. The molecule has 283 valence electrons. The monoisotopic (exact) mass is 977 g/mol. The molecule has 0 saturated heterocycles. The Balaban J connectivity index is 0.000000479. The van der Waals surface area contributed by atoms with Crippen LogP contribution < -0.4 is 4.06 Å². The van der Waals surface area contributed by atoms with Crippen LogP contribution in [0.25, 0.3) is 31.7 Å². The maximum atomic E-state index is 14.3. The van der Waals surface area contributed by atoms with Gasteiger partial charge < -0.3 is 5.11 Å². The molecule has 0 fully saturated rings. The molecule has 0 aliphatic heterocycles. The molecular formula is C39H48F6IrNO2SeSi-. The fraction of sp³-hybridized carbons (Fsp3) is 0.487. The first-order valence-electron chi connectivity index (χ1n) is 17.1. The summed E-state index contributed by atoms with van der Waals surface area (Å²) in [5.41, 5.74) is 0.781. The van der Waals surface area contributed by atoms with Crippen molar-refractivity contribution in [3.05, 3.63) is 71.6 Å². The smallest absolute Gasteiger partial charge is 0.162 e. The number of aromatic nitrogens is 1. The van der Waals surface area contributed by atoms with Gasteiger partial charge in [-0.05, 0) is 25.7 Å². The van der Waals surface area contributed by atoms with E-state index >= 15 is 0 Å². The van der Waals surface area contributed by atoms with Crippen LogP contribution in [0.15, 0.2) is 54.4 Å². The number of benzene rings is 2. The maximum Gasteiger partial charge on any atom is 0.162 e. The molecule has 12 heteroatoms. The zero-order valence-corrected chi connectivity index (χ0v) is 35.7. The molecule has 0 saturated carbocycles. The van der Waals surface area contributed by atoms with Crippen LogP contribution in [0.4, 0.5) is 26.3 Å². The van der Waals surface area contributed by atoms with E-state index in [0.717, 1.165) is 42.0 Å². The first-order chi connectivity index (χ1) is 23.1. The number of alkyl halides is 6. The van der Waals surface area contributed by atoms with Gasteiger partial charge in [0.1, 0.15) is 0 Å². The van der Waals surface area contributed by atoms with Gasteiger partial charge >= 0.3 is 207 Å². The third-order valence-electron chi connectivity index (χ3n) is 9.07. The molecule has 0 aliphatic rings. The van der Waals surface area contributed by atoms with Gasteiger partial charge in [-0.1, -0.05) is 27.7 Å². The molecule has 0 aliphatic carbocycles. The Morgan fingerprint density at radius 1 is 0.922 bits per heavy atom. The summed E-state index contributed by atoms with van der Waals surface area (Å²) >= 11 is -0.924. The van der Waals surface area contributed by atoms with Crippen LogP contribution in [0.5, 0.6) is 0 Å². The van der Waals surface area contributed by atoms with Gasteiger partial charge in [-0.25, -0.2) is 0 Å². The van der Waals surface area contributed by atoms with E-state index in [4.69, 9.17) is 0 Å². The van der Waals surface area contributed by atoms with E-state index in [-0.39, 0.29) is 58.3 Å². The number of hydrogen-bond acceptors (Lipinski definition) is 3. The van der Waals surface area contributed by atoms with E-state index in [2.05, 4.69) is 31.8 Å². The summed E-state index contributed by atoms with van der Waals surface area (Å²) in [4.78, 5) is 16.2. The Bertz CT molecular complexity index is 1820. The molecule has 0 bridgehead atoms. The van der Waals surface area contributed by atoms with Crippen molar-refractivity contribution in [2.45, 2.75) is 111 Å². The van der Waals surface area contributed by atoms with Crippen molar-refractivity contribution < 1.29 is 56.3 Å². The number of aliphatic hydroxyl groups excluding tert-OH is 1. The second kappa shape index (κ2) is 17.7. The standard InChI is InChI=1S/C26H24F6NSeSi.C13H24O2.Ir/c1-24(2,3)19-13-16(12-15-8-6-7-9-17(15)19)21-22-18(10-11-33-21)20(26(30,31)32)23(34-22)35(4,5)14-25(27,28)29;1-5-10(6-2)12(14)9-13(15)11(7-3)8-4;/h6-11,13H,14H2,1-5H3;9-11,14H,5-8H2,1-4H3;/q-1;;/b;12-9-;. The zero-order valence-electron chi connectivity index (χ0n) is 30.6. The summed E-state index contributed by atoms with van der Waals surface area (Å²) in [7, 11) is -3.46. The molecule has 2 heterocycles. The average molecular weight is 976 g/mol. The van der Waals surface area contributed by atoms with Gasteiger partial charge in [-0.3, -0.25) is 4.79 Å². The fourth-order valence-electron chi connectivity index (χ4n) is 6.31. The normalized spacial score (nSPS) is 13.1. The predicted octanol–water partition coefficient (Wildman–Crippen LogP) is 11.6. The maximum absolute atomic E-state index is 14.3. The largest absolute Gasteiger partial charge is 0.512 e. The van der Waals surface area contributed by atoms with E-state index in [1.807, 2.05) is 58.0 Å². The molecular weight excluding hydrogens is 928 g/mol. The number of carbonyl (C=O) groups excluding carboxylic acids is 1. The number of hydrogen-bond donors (Lipinski definition) is 1. The van der Waals surface area contributed by atoms with Gasteiger partial charge in [0.05, 0.1) is 5.76 Å². The van der Waals surface area contributed by atoms with Gasteiger partial charge in [0, 0.05) is 38.0 Å². The van der Waals surface area contributed by atoms with E-state index in [0.29, 0.717) is 15.5 Å². The van der Waals surface area contributed by atoms with Crippen molar-refractivity contribution in [3.8, 4) is 11.3 Å². The Hall–Kier alpha value is -2.23. The second-order valence-electron chi connectivity index (χ2n) is 14.4. The molecule has 0 spiro atoms. The molecule has 4 rings (SSSR count). The molecule has 0 atom stereocenters. The number of aliphatic hydroxyl groups is 1. The molecule has 4 aromatic rings. The average Bonchev–Trinajstić information content (AvgIpc) is 3.42. The summed E-state index contributed by atoms with van der Waals surface area (Å²) in [6.07, 6.45) is -3.06. The topological polar surface area (TPSA) is 50.2 Å². The molecule has 0 amide bonds. The van der Waals surface area contributed by atoms with Crippen molar-refractivity contribution in [2.24, 2.45) is 11.8 Å². The number of pyridine rings is 1. The SMILES string of the molecule is CC(C)(C)c1cc(-c2nccc3c(C(F)(F)F)c([Si](C)(C)CC(F)(F)F)[se]c23)[c-]c2ccccc12.CCC(CC)C(=O)/C=C(\O)C(CC)CC.[Ir]. The first-order valence-corrected chi connectivity index (χ1v) is 22.0. The Labute approximate surface area is 318 Å². The minimum atomic E-state index is -4.75. The molecule has 2 aromatic heterocycles. The molecule has 3 nitrogen and oxygen atoms in total. The summed E-state index contributed by atoms with van der Waals surface area (Å²) < 4.78 is 83.1. The number of allylic oxidation sites excluding steroid dienone is 2. The number of ketones is 1. The molecule has 2 aromatic carbocycles. The van der Waals surface area contributed by atoms with E-state index in [9.17, 15) is 36.2 Å². The Kier molecular flexibility index (Phi) is 15.6. The van der Waals surface area contributed by atoms with Gasteiger partial charge in [0.25, 0.3) is 0 Å². The van der Waals surface area contributed by atoms with Crippen LogP contribution in [0.2, 0.25) is 19.1 Å². The predicted molar refractivity (Wildman–Crippen MR) is 196 cm³/mol. The number of fused-ring (bicyclic) bond motifs is 2. The number of rotatable bonds is 10. The van der Waals surface area contributed by atoms with Crippen LogP contribution in [0.1, 0.15) is 85.3 Å². The quantitative estimate of drug-likeness (QED) is 0.0566. The number of nitrogens with zero attached hydrogens (tertiary/aromatic N) is 1. The molecule has 51 heavy (non-hydrogen) atoms. The van der Waals surface area contributed by atoms with Crippen molar-refractivity contribution in [1.82, 2.24) is 4.98 Å². The van der Waals surface area contributed by atoms with Crippen molar-refractivity contribution in [3.63, 3.8) is 0 Å². The summed E-state index contributed by atoms with van der Waals surface area (Å²) in [6.45, 7) is 17.0. The minimum absolute atomic E-state index is 0. The molecule has 1 N–H and O–H groups in total. The number of halogens is 6. The fourth-order valence-corrected chi connectivity index (χ4v) is 13.7. The van der Waals surface area contributed by atoms with Crippen molar-refractivity contribution >= 4 is 52.8 Å². The molecule has 1 radical (unpaired) electrons. The Morgan fingerprint density at radius 3 is 2.00 bits per heavy atom. The van der Waals surface area contributed by atoms with E-state index in [1.165, 1.54) is 31.4 Å². The summed E-state index contributed by atoms with van der Waals surface area (Å²) in [5.74, 6) is 0.547. The van der Waals surface area contributed by atoms with Gasteiger partial charge in [0.2, 0.25) is 0 Å². The van der Waals surface area contributed by atoms with Gasteiger partial charge in [-0.15, -0.1) is 0 Å². The molecule has 0 unspecified atom stereocenters. The van der Waals surface area contributed by atoms with Crippen LogP contribution in [0.3, 0.4) is 0 Å². The van der Waals surface area contributed by atoms with E-state index < -0.39 is 46.5 Å². The second-order valence-corrected chi connectivity index (χ2v) is 22.0. The number of carbonyl (C=O) groups is 1. The van der Waals surface area contributed by atoms with Gasteiger partial charge in [-0.2, -0.15) is 0 Å². The van der Waals surface area contributed by atoms with Crippen LogP contribution in [-0.2, 0) is 36.5 Å². The van der Waals surface area contributed by atoms with Crippen molar-refractivity contribution in [2.75, 3.05) is 0 Å². The van der Waals surface area contributed by atoms with Crippen LogP contribution >= 0.6 is 0 Å².